The van der Waals surface area contributed by atoms with Gasteiger partial charge in [0.15, 0.2) is 23.0 Å². The fraction of sp³-hybridized carbons (Fsp3) is 0. The van der Waals surface area contributed by atoms with Gasteiger partial charge in [-0.15, -0.1) is 0 Å². The molecule has 0 fully saturated rings. The second-order valence-electron chi connectivity index (χ2n) is 6.26. The summed E-state index contributed by atoms with van der Waals surface area (Å²) < 4.78 is 12.4. The van der Waals surface area contributed by atoms with Gasteiger partial charge in [-0.3, -0.25) is 0 Å². The van der Waals surface area contributed by atoms with Crippen LogP contribution in [0.3, 0.4) is 0 Å². The first kappa shape index (κ1) is 15.5. The van der Waals surface area contributed by atoms with Crippen molar-refractivity contribution >= 4 is 17.1 Å². The summed E-state index contributed by atoms with van der Waals surface area (Å²) in [4.78, 5) is 2.18. The van der Waals surface area contributed by atoms with Crippen molar-refractivity contribution in [2.75, 3.05) is 4.90 Å². The average molecular weight is 351 g/mol. The molecule has 3 heteroatoms. The van der Waals surface area contributed by atoms with Gasteiger partial charge < -0.3 is 14.4 Å². The zero-order valence-corrected chi connectivity index (χ0v) is 14.6. The van der Waals surface area contributed by atoms with Gasteiger partial charge in [-0.25, -0.2) is 0 Å². The highest BCUT2D eigenvalue weighted by atomic mass is 16.6. The van der Waals surface area contributed by atoms with Crippen molar-refractivity contribution in [1.82, 2.24) is 0 Å². The standard InChI is InChI=1S/C24H17NO2/c1-3-10-18(11-4-1)25(19-12-5-2-6-13-19)20-14-9-17-23-24(20)27-22-16-8-7-15-21(22)26-23/h1-17H. The normalized spacial score (nSPS) is 11.6. The average Bonchev–Trinajstić information content (AvgIpc) is 2.74. The molecule has 1 heterocycles. The molecule has 4 aromatic carbocycles. The molecule has 0 saturated heterocycles. The van der Waals surface area contributed by atoms with E-state index >= 15 is 0 Å². The second kappa shape index (κ2) is 6.54. The molecule has 0 amide bonds. The van der Waals surface area contributed by atoms with E-state index in [-0.39, 0.29) is 0 Å². The Morgan fingerprint density at radius 1 is 0.444 bits per heavy atom. The summed E-state index contributed by atoms with van der Waals surface area (Å²) in [5.74, 6) is 2.87. The lowest BCUT2D eigenvalue weighted by atomic mass is 10.1. The van der Waals surface area contributed by atoms with Crippen molar-refractivity contribution in [2.24, 2.45) is 0 Å². The van der Waals surface area contributed by atoms with E-state index in [0.717, 1.165) is 28.6 Å². The van der Waals surface area contributed by atoms with E-state index in [4.69, 9.17) is 9.47 Å². The van der Waals surface area contributed by atoms with Gasteiger partial charge in [-0.1, -0.05) is 54.6 Å². The smallest absolute Gasteiger partial charge is 0.194 e. The minimum Gasteiger partial charge on any atom is -0.449 e. The molecule has 0 N–H and O–H groups in total. The quantitative estimate of drug-likeness (QED) is 0.347. The van der Waals surface area contributed by atoms with Gasteiger partial charge in [0.2, 0.25) is 0 Å². The Bertz CT molecular complexity index is 1040. The van der Waals surface area contributed by atoms with Crippen LogP contribution < -0.4 is 14.4 Å². The van der Waals surface area contributed by atoms with E-state index in [1.807, 2.05) is 72.8 Å². The molecule has 0 unspecified atom stereocenters. The number of nitrogens with zero attached hydrogens (tertiary/aromatic N) is 1. The van der Waals surface area contributed by atoms with E-state index in [1.54, 1.807) is 0 Å². The molecule has 0 aliphatic carbocycles. The molecule has 0 bridgehead atoms. The van der Waals surface area contributed by atoms with Crippen LogP contribution in [0.1, 0.15) is 0 Å². The lowest BCUT2D eigenvalue weighted by Gasteiger charge is -2.30. The number of anilines is 3. The van der Waals surface area contributed by atoms with Crippen LogP contribution in [0, 0.1) is 0 Å². The molecule has 4 aromatic rings. The third-order valence-corrected chi connectivity index (χ3v) is 4.51. The maximum Gasteiger partial charge on any atom is 0.194 e. The number of hydrogen-bond donors (Lipinski definition) is 0. The molecule has 0 aromatic heterocycles. The Hall–Kier alpha value is -3.72. The summed E-state index contributed by atoms with van der Waals surface area (Å²) in [6.07, 6.45) is 0. The van der Waals surface area contributed by atoms with Crippen molar-refractivity contribution < 1.29 is 9.47 Å². The zero-order valence-electron chi connectivity index (χ0n) is 14.6. The Labute approximate surface area is 158 Å². The Kier molecular flexibility index (Phi) is 3.76. The number of rotatable bonds is 3. The number of ether oxygens (including phenoxy) is 2. The maximum atomic E-state index is 6.27. The third-order valence-electron chi connectivity index (χ3n) is 4.51. The first-order valence-corrected chi connectivity index (χ1v) is 8.88. The first-order valence-electron chi connectivity index (χ1n) is 8.88. The number of hydrogen-bond acceptors (Lipinski definition) is 3. The Morgan fingerprint density at radius 3 is 1.59 bits per heavy atom. The molecule has 27 heavy (non-hydrogen) atoms. The third kappa shape index (κ3) is 2.79. The molecule has 0 radical (unpaired) electrons. The lowest BCUT2D eigenvalue weighted by Crippen LogP contribution is -2.12. The van der Waals surface area contributed by atoms with Crippen LogP contribution in [0.4, 0.5) is 17.1 Å². The van der Waals surface area contributed by atoms with E-state index in [9.17, 15) is 0 Å². The SMILES string of the molecule is c1ccc(N(c2ccccc2)c2cccc3c2Oc2ccccc2O3)cc1. The molecule has 1 aliphatic heterocycles. The van der Waals surface area contributed by atoms with Gasteiger partial charge in [0.05, 0.1) is 5.69 Å². The summed E-state index contributed by atoms with van der Waals surface area (Å²) in [6.45, 7) is 0. The van der Waals surface area contributed by atoms with Gasteiger partial charge in [-0.05, 0) is 48.5 Å². The lowest BCUT2D eigenvalue weighted by molar-refractivity contribution is 0.360. The van der Waals surface area contributed by atoms with Crippen LogP contribution in [-0.2, 0) is 0 Å². The summed E-state index contributed by atoms with van der Waals surface area (Å²) in [5, 5.41) is 0. The van der Waals surface area contributed by atoms with Gasteiger partial charge in [0.25, 0.3) is 0 Å². The summed E-state index contributed by atoms with van der Waals surface area (Å²) in [5.41, 5.74) is 3.04. The van der Waals surface area contributed by atoms with E-state index in [1.165, 1.54) is 0 Å². The van der Waals surface area contributed by atoms with Crippen LogP contribution in [0.25, 0.3) is 0 Å². The van der Waals surface area contributed by atoms with Gasteiger partial charge in [0.1, 0.15) is 0 Å². The molecule has 0 saturated carbocycles. The first-order chi connectivity index (χ1) is 13.4. The van der Waals surface area contributed by atoms with Crippen LogP contribution in [0.15, 0.2) is 103 Å². The van der Waals surface area contributed by atoms with E-state index in [2.05, 4.69) is 35.2 Å². The monoisotopic (exact) mass is 351 g/mol. The maximum absolute atomic E-state index is 6.27. The molecule has 0 spiro atoms. The van der Waals surface area contributed by atoms with Gasteiger partial charge >= 0.3 is 0 Å². The van der Waals surface area contributed by atoms with Gasteiger partial charge in [-0.2, -0.15) is 0 Å². The van der Waals surface area contributed by atoms with Crippen LogP contribution in [-0.4, -0.2) is 0 Å². The largest absolute Gasteiger partial charge is 0.449 e. The predicted molar refractivity (Wildman–Crippen MR) is 108 cm³/mol. The minimum absolute atomic E-state index is 0.711. The zero-order chi connectivity index (χ0) is 18.1. The molecular weight excluding hydrogens is 334 g/mol. The fourth-order valence-electron chi connectivity index (χ4n) is 3.29. The molecule has 0 atom stereocenters. The summed E-state index contributed by atoms with van der Waals surface area (Å²) >= 11 is 0. The van der Waals surface area contributed by atoms with E-state index < -0.39 is 0 Å². The Balaban J connectivity index is 1.69. The second-order valence-corrected chi connectivity index (χ2v) is 6.26. The summed E-state index contributed by atoms with van der Waals surface area (Å²) in [6, 6.07) is 34.2. The molecular formula is C24H17NO2. The van der Waals surface area contributed by atoms with E-state index in [0.29, 0.717) is 11.5 Å². The van der Waals surface area contributed by atoms with Crippen molar-refractivity contribution in [3.8, 4) is 23.0 Å². The number of para-hydroxylation sites is 5. The van der Waals surface area contributed by atoms with Crippen molar-refractivity contribution in [1.29, 1.82) is 0 Å². The number of benzene rings is 4. The Morgan fingerprint density at radius 2 is 0.963 bits per heavy atom. The molecule has 130 valence electrons. The predicted octanol–water partition coefficient (Wildman–Crippen LogP) is 7.05. The van der Waals surface area contributed by atoms with Crippen LogP contribution in [0.2, 0.25) is 0 Å². The van der Waals surface area contributed by atoms with Crippen molar-refractivity contribution in [3.63, 3.8) is 0 Å². The highest BCUT2D eigenvalue weighted by Gasteiger charge is 2.25. The van der Waals surface area contributed by atoms with Crippen LogP contribution in [0.5, 0.6) is 23.0 Å². The molecule has 3 nitrogen and oxygen atoms in total. The molecule has 1 aliphatic rings. The van der Waals surface area contributed by atoms with Crippen LogP contribution >= 0.6 is 0 Å². The van der Waals surface area contributed by atoms with Gasteiger partial charge in [0, 0.05) is 11.4 Å². The molecule has 5 rings (SSSR count). The highest BCUT2D eigenvalue weighted by Crippen LogP contribution is 2.52. The van der Waals surface area contributed by atoms with Crippen molar-refractivity contribution in [3.05, 3.63) is 103 Å². The topological polar surface area (TPSA) is 21.7 Å². The number of fused-ring (bicyclic) bond motifs is 2. The summed E-state index contributed by atoms with van der Waals surface area (Å²) in [7, 11) is 0. The van der Waals surface area contributed by atoms with Crippen molar-refractivity contribution in [2.45, 2.75) is 0 Å². The fourth-order valence-corrected chi connectivity index (χ4v) is 3.29. The highest BCUT2D eigenvalue weighted by molar-refractivity contribution is 5.82. The minimum atomic E-state index is 0.711.